The third kappa shape index (κ3) is 4.19. The summed E-state index contributed by atoms with van der Waals surface area (Å²) < 4.78 is 28.3. The Morgan fingerprint density at radius 1 is 1.12 bits per heavy atom. The molecule has 2 aromatic rings. The van der Waals surface area contributed by atoms with Crippen LogP contribution in [0.5, 0.6) is 0 Å². The predicted octanol–water partition coefficient (Wildman–Crippen LogP) is 3.14. The number of ether oxygens (including phenoxy) is 2. The molecule has 3 saturated heterocycles. The molecular formula is C23H29FN4O3S. The van der Waals surface area contributed by atoms with Crippen LogP contribution in [-0.2, 0) is 9.47 Å². The molecule has 0 N–H and O–H groups in total. The maximum atomic E-state index is 14.2. The van der Waals surface area contributed by atoms with Crippen molar-refractivity contribution in [2.75, 3.05) is 63.1 Å². The van der Waals surface area contributed by atoms with Crippen LogP contribution >= 0.6 is 11.9 Å². The van der Waals surface area contributed by atoms with Crippen LogP contribution in [0.3, 0.4) is 0 Å². The van der Waals surface area contributed by atoms with Crippen molar-refractivity contribution in [2.45, 2.75) is 25.6 Å². The lowest BCUT2D eigenvalue weighted by Crippen LogP contribution is -2.48. The second kappa shape index (κ2) is 9.13. The topological polar surface area (TPSA) is 58.1 Å². The maximum Gasteiger partial charge on any atom is 0.257 e. The number of rotatable bonds is 4. The van der Waals surface area contributed by atoms with E-state index < -0.39 is 5.79 Å². The third-order valence-corrected chi connectivity index (χ3v) is 7.51. The standard InChI is InChI=1S/C23H29FN4O3S/c1-2-32-28-11-9-27(10-12-28)22(29)19-16-25-20-4-3-17(24)15-18(20)21(19)26-7-5-23(6-8-26)30-13-14-31-23/h3-4,15-16H,2,5-14H2,1H3. The summed E-state index contributed by atoms with van der Waals surface area (Å²) in [7, 11) is 0. The minimum Gasteiger partial charge on any atom is -0.370 e. The van der Waals surface area contributed by atoms with E-state index in [9.17, 15) is 9.18 Å². The monoisotopic (exact) mass is 460 g/mol. The first kappa shape index (κ1) is 21.9. The molecule has 1 spiro atoms. The Balaban J connectivity index is 1.46. The van der Waals surface area contributed by atoms with Gasteiger partial charge < -0.3 is 19.3 Å². The summed E-state index contributed by atoms with van der Waals surface area (Å²) in [5, 5.41) is 0.681. The van der Waals surface area contributed by atoms with Crippen LogP contribution in [0.2, 0.25) is 0 Å². The van der Waals surface area contributed by atoms with Gasteiger partial charge in [-0.25, -0.2) is 8.70 Å². The molecule has 0 aliphatic carbocycles. The smallest absolute Gasteiger partial charge is 0.257 e. The van der Waals surface area contributed by atoms with Gasteiger partial charge in [-0.1, -0.05) is 18.9 Å². The van der Waals surface area contributed by atoms with Gasteiger partial charge in [0.1, 0.15) is 5.82 Å². The molecule has 4 heterocycles. The minimum atomic E-state index is -0.512. The average Bonchev–Trinajstić information content (AvgIpc) is 3.27. The number of hydrogen-bond acceptors (Lipinski definition) is 7. The normalized spacial score (nSPS) is 21.6. The van der Waals surface area contributed by atoms with E-state index in [4.69, 9.17) is 9.47 Å². The molecule has 172 valence electrons. The minimum absolute atomic E-state index is 0.0338. The molecule has 3 aliphatic rings. The Morgan fingerprint density at radius 2 is 1.84 bits per heavy atom. The molecule has 3 fully saturated rings. The molecule has 0 unspecified atom stereocenters. The lowest BCUT2D eigenvalue weighted by Gasteiger charge is -2.40. The number of pyridine rings is 1. The highest BCUT2D eigenvalue weighted by molar-refractivity contribution is 7.96. The van der Waals surface area contributed by atoms with Gasteiger partial charge in [0, 0.05) is 69.4 Å². The van der Waals surface area contributed by atoms with Gasteiger partial charge in [-0.05, 0) is 18.2 Å². The van der Waals surface area contributed by atoms with Crippen LogP contribution in [-0.4, -0.2) is 84.1 Å². The molecule has 9 heteroatoms. The molecule has 5 rings (SSSR count). The van der Waals surface area contributed by atoms with Crippen molar-refractivity contribution in [2.24, 2.45) is 0 Å². The zero-order chi connectivity index (χ0) is 22.1. The van der Waals surface area contributed by atoms with E-state index in [1.165, 1.54) is 12.1 Å². The molecule has 0 radical (unpaired) electrons. The lowest BCUT2D eigenvalue weighted by atomic mass is 10.00. The summed E-state index contributed by atoms with van der Waals surface area (Å²) in [6, 6.07) is 4.59. The number of nitrogens with zero attached hydrogens (tertiary/aromatic N) is 4. The summed E-state index contributed by atoms with van der Waals surface area (Å²) in [5.41, 5.74) is 2.01. The number of halogens is 1. The largest absolute Gasteiger partial charge is 0.370 e. The Morgan fingerprint density at radius 3 is 2.53 bits per heavy atom. The van der Waals surface area contributed by atoms with Crippen molar-refractivity contribution in [3.05, 3.63) is 35.8 Å². The molecule has 0 saturated carbocycles. The first-order chi connectivity index (χ1) is 15.6. The first-order valence-electron chi connectivity index (χ1n) is 11.4. The van der Waals surface area contributed by atoms with Gasteiger partial charge in [0.25, 0.3) is 5.91 Å². The quantitative estimate of drug-likeness (QED) is 0.650. The fourth-order valence-corrected chi connectivity index (χ4v) is 5.66. The van der Waals surface area contributed by atoms with Crippen LogP contribution in [0.1, 0.15) is 30.1 Å². The molecule has 1 aromatic carbocycles. The number of piperazine rings is 1. The first-order valence-corrected chi connectivity index (χ1v) is 12.3. The molecular weight excluding hydrogens is 431 g/mol. The summed E-state index contributed by atoms with van der Waals surface area (Å²) >= 11 is 1.81. The van der Waals surface area contributed by atoms with Gasteiger partial charge in [-0.3, -0.25) is 9.78 Å². The highest BCUT2D eigenvalue weighted by atomic mass is 32.2. The number of benzene rings is 1. The van der Waals surface area contributed by atoms with Crippen LogP contribution in [0, 0.1) is 5.82 Å². The van der Waals surface area contributed by atoms with Gasteiger partial charge in [-0.2, -0.15) is 0 Å². The van der Waals surface area contributed by atoms with Gasteiger partial charge in [0.15, 0.2) is 5.79 Å². The van der Waals surface area contributed by atoms with Crippen LogP contribution in [0.15, 0.2) is 24.4 Å². The van der Waals surface area contributed by atoms with Crippen molar-refractivity contribution < 1.29 is 18.7 Å². The molecule has 0 atom stereocenters. The number of carbonyl (C=O) groups excluding carboxylic acids is 1. The summed E-state index contributed by atoms with van der Waals surface area (Å²) in [6.45, 7) is 7.78. The fourth-order valence-electron chi connectivity index (χ4n) is 4.88. The van der Waals surface area contributed by atoms with Gasteiger partial charge in [0.2, 0.25) is 0 Å². The van der Waals surface area contributed by atoms with E-state index in [1.54, 1.807) is 12.3 Å². The van der Waals surface area contributed by atoms with Gasteiger partial charge >= 0.3 is 0 Å². The lowest BCUT2D eigenvalue weighted by molar-refractivity contribution is -0.169. The van der Waals surface area contributed by atoms with E-state index >= 15 is 0 Å². The Kier molecular flexibility index (Phi) is 6.24. The number of piperidine rings is 1. The van der Waals surface area contributed by atoms with Crippen molar-refractivity contribution in [1.82, 2.24) is 14.2 Å². The predicted molar refractivity (Wildman–Crippen MR) is 123 cm³/mol. The summed E-state index contributed by atoms with van der Waals surface area (Å²) in [4.78, 5) is 22.2. The zero-order valence-corrected chi connectivity index (χ0v) is 19.2. The second-order valence-electron chi connectivity index (χ2n) is 8.42. The Hall–Kier alpha value is -1.94. The number of aromatic nitrogens is 1. The molecule has 3 aliphatic heterocycles. The molecule has 32 heavy (non-hydrogen) atoms. The summed E-state index contributed by atoms with van der Waals surface area (Å²) in [6.07, 6.45) is 3.09. The van der Waals surface area contributed by atoms with E-state index in [-0.39, 0.29) is 11.7 Å². The third-order valence-electron chi connectivity index (χ3n) is 6.52. The average molecular weight is 461 g/mol. The van der Waals surface area contributed by atoms with E-state index in [0.29, 0.717) is 68.7 Å². The molecule has 0 bridgehead atoms. The fraction of sp³-hybridized carbons (Fsp3) is 0.565. The SMILES string of the molecule is CCSN1CCN(C(=O)c2cnc3ccc(F)cc3c2N2CCC3(CC2)OCCO3)CC1. The highest BCUT2D eigenvalue weighted by Gasteiger charge is 2.41. The number of amides is 1. The number of fused-ring (bicyclic) bond motifs is 1. The van der Waals surface area contributed by atoms with Crippen molar-refractivity contribution in [3.63, 3.8) is 0 Å². The molecule has 1 aromatic heterocycles. The summed E-state index contributed by atoms with van der Waals surface area (Å²) in [5.74, 6) is 0.157. The highest BCUT2D eigenvalue weighted by Crippen LogP contribution is 2.37. The van der Waals surface area contributed by atoms with E-state index in [0.717, 1.165) is 24.5 Å². The maximum absolute atomic E-state index is 14.2. The Labute approximate surface area is 192 Å². The number of hydrogen-bond donors (Lipinski definition) is 0. The van der Waals surface area contributed by atoms with Crippen molar-refractivity contribution >= 4 is 34.4 Å². The van der Waals surface area contributed by atoms with Crippen molar-refractivity contribution in [3.8, 4) is 0 Å². The molecule has 7 nitrogen and oxygen atoms in total. The molecule has 1 amide bonds. The van der Waals surface area contributed by atoms with Crippen LogP contribution < -0.4 is 4.90 Å². The Bertz CT molecular complexity index is 983. The van der Waals surface area contributed by atoms with Crippen LogP contribution in [0.4, 0.5) is 10.1 Å². The van der Waals surface area contributed by atoms with Gasteiger partial charge in [-0.15, -0.1) is 0 Å². The van der Waals surface area contributed by atoms with E-state index in [2.05, 4.69) is 21.1 Å². The van der Waals surface area contributed by atoms with E-state index in [1.807, 2.05) is 16.8 Å². The second-order valence-corrected chi connectivity index (χ2v) is 9.77. The van der Waals surface area contributed by atoms with Crippen LogP contribution in [0.25, 0.3) is 10.9 Å². The van der Waals surface area contributed by atoms with Crippen molar-refractivity contribution in [1.29, 1.82) is 0 Å². The van der Waals surface area contributed by atoms with Gasteiger partial charge in [0.05, 0.1) is 30.0 Å². The number of anilines is 1. The number of carbonyl (C=O) groups is 1. The zero-order valence-electron chi connectivity index (χ0n) is 18.4.